The maximum Gasteiger partial charge on any atom is 0.162 e. The van der Waals surface area contributed by atoms with Crippen LogP contribution in [0.25, 0.3) is 0 Å². The second-order valence-electron chi connectivity index (χ2n) is 6.11. The van der Waals surface area contributed by atoms with Crippen LogP contribution in [0.1, 0.15) is 36.1 Å². The lowest BCUT2D eigenvalue weighted by molar-refractivity contribution is 0.297. The van der Waals surface area contributed by atoms with Crippen LogP contribution in [-0.4, -0.2) is 13.2 Å². The van der Waals surface area contributed by atoms with Crippen molar-refractivity contribution >= 4 is 27.5 Å². The van der Waals surface area contributed by atoms with Gasteiger partial charge in [0, 0.05) is 22.3 Å². The van der Waals surface area contributed by atoms with Crippen LogP contribution in [0, 0.1) is 17.8 Å². The van der Waals surface area contributed by atoms with Gasteiger partial charge in [-0.25, -0.2) is 0 Å². The van der Waals surface area contributed by atoms with Gasteiger partial charge >= 0.3 is 0 Å². The Kier molecular flexibility index (Phi) is 3.38. The Balaban J connectivity index is 1.63. The maximum absolute atomic E-state index is 6.47. The fraction of sp³-hybridized carbons (Fsp3) is 0.625. The highest BCUT2D eigenvalue weighted by atomic mass is 79.9. The van der Waals surface area contributed by atoms with E-state index in [-0.39, 0.29) is 0 Å². The SMILES string of the molecule is Clc1cc2c(cc1C(Br)C1C3CCCC31)OCCCO2. The first kappa shape index (κ1) is 13.3. The summed E-state index contributed by atoms with van der Waals surface area (Å²) < 4.78 is 11.5. The lowest BCUT2D eigenvalue weighted by Crippen LogP contribution is -2.01. The molecule has 3 unspecified atom stereocenters. The van der Waals surface area contributed by atoms with Gasteiger partial charge in [0.05, 0.1) is 13.2 Å². The molecule has 2 nitrogen and oxygen atoms in total. The predicted molar refractivity (Wildman–Crippen MR) is 83.0 cm³/mol. The van der Waals surface area contributed by atoms with Crippen molar-refractivity contribution in [1.82, 2.24) is 0 Å². The van der Waals surface area contributed by atoms with Gasteiger partial charge in [-0.3, -0.25) is 0 Å². The number of benzene rings is 1. The van der Waals surface area contributed by atoms with Crippen LogP contribution in [0.5, 0.6) is 11.5 Å². The minimum absolute atomic E-state index is 0.349. The van der Waals surface area contributed by atoms with E-state index in [0.717, 1.165) is 52.9 Å². The zero-order valence-electron chi connectivity index (χ0n) is 11.3. The molecule has 20 heavy (non-hydrogen) atoms. The van der Waals surface area contributed by atoms with Gasteiger partial charge in [0.2, 0.25) is 0 Å². The van der Waals surface area contributed by atoms with Crippen molar-refractivity contribution in [3.8, 4) is 11.5 Å². The zero-order chi connectivity index (χ0) is 13.7. The molecule has 0 amide bonds. The van der Waals surface area contributed by atoms with Gasteiger partial charge < -0.3 is 9.47 Å². The number of halogens is 2. The van der Waals surface area contributed by atoms with Gasteiger partial charge in [-0.15, -0.1) is 0 Å². The molecular weight excluding hydrogens is 340 g/mol. The topological polar surface area (TPSA) is 18.5 Å². The molecule has 0 spiro atoms. The molecule has 2 aliphatic carbocycles. The fourth-order valence-corrected chi connectivity index (χ4v) is 5.50. The highest BCUT2D eigenvalue weighted by molar-refractivity contribution is 9.09. The van der Waals surface area contributed by atoms with Crippen molar-refractivity contribution in [3.63, 3.8) is 0 Å². The number of hydrogen-bond donors (Lipinski definition) is 0. The Morgan fingerprint density at radius 3 is 2.40 bits per heavy atom. The average molecular weight is 358 g/mol. The quantitative estimate of drug-likeness (QED) is 0.695. The molecule has 3 aliphatic rings. The van der Waals surface area contributed by atoms with E-state index in [0.29, 0.717) is 11.4 Å². The molecule has 2 fully saturated rings. The van der Waals surface area contributed by atoms with Gasteiger partial charge in [0.25, 0.3) is 0 Å². The summed E-state index contributed by atoms with van der Waals surface area (Å²) in [7, 11) is 0. The Morgan fingerprint density at radius 1 is 1.05 bits per heavy atom. The first-order valence-corrected chi connectivity index (χ1v) is 8.78. The van der Waals surface area contributed by atoms with Crippen LogP contribution < -0.4 is 9.47 Å². The third kappa shape index (κ3) is 2.14. The molecule has 1 aromatic carbocycles. The van der Waals surface area contributed by atoms with E-state index < -0.39 is 0 Å². The lowest BCUT2D eigenvalue weighted by atomic mass is 10.0. The number of alkyl halides is 1. The molecule has 0 saturated heterocycles. The predicted octanol–water partition coefficient (Wildman–Crippen LogP) is 4.98. The van der Waals surface area contributed by atoms with E-state index in [1.165, 1.54) is 19.3 Å². The lowest BCUT2D eigenvalue weighted by Gasteiger charge is -2.17. The van der Waals surface area contributed by atoms with Crippen LogP contribution in [0.2, 0.25) is 5.02 Å². The molecule has 3 atom stereocenters. The van der Waals surface area contributed by atoms with E-state index >= 15 is 0 Å². The standard InChI is InChI=1S/C16H18BrClO2/c17-16(15-9-3-1-4-10(9)15)11-7-13-14(8-12(11)18)20-6-2-5-19-13/h7-10,15-16H,1-6H2. The van der Waals surface area contributed by atoms with Crippen LogP contribution in [-0.2, 0) is 0 Å². The van der Waals surface area contributed by atoms with E-state index in [1.807, 2.05) is 6.07 Å². The highest BCUT2D eigenvalue weighted by Crippen LogP contribution is 2.65. The van der Waals surface area contributed by atoms with E-state index in [9.17, 15) is 0 Å². The summed E-state index contributed by atoms with van der Waals surface area (Å²) in [5.41, 5.74) is 1.16. The summed E-state index contributed by atoms with van der Waals surface area (Å²) in [6.45, 7) is 1.42. The van der Waals surface area contributed by atoms with Crippen molar-refractivity contribution in [2.45, 2.75) is 30.5 Å². The molecule has 0 radical (unpaired) electrons. The van der Waals surface area contributed by atoms with Gasteiger partial charge in [-0.2, -0.15) is 0 Å². The normalized spacial score (nSPS) is 32.4. The molecule has 1 aromatic rings. The van der Waals surface area contributed by atoms with Crippen LogP contribution in [0.15, 0.2) is 12.1 Å². The van der Waals surface area contributed by atoms with Crippen LogP contribution in [0.4, 0.5) is 0 Å². The molecule has 0 bridgehead atoms. The molecule has 2 saturated carbocycles. The number of rotatable bonds is 2. The van der Waals surface area contributed by atoms with Gasteiger partial charge in [0.15, 0.2) is 11.5 Å². The van der Waals surface area contributed by atoms with Gasteiger partial charge in [0.1, 0.15) is 0 Å². The number of hydrogen-bond acceptors (Lipinski definition) is 2. The summed E-state index contributed by atoms with van der Waals surface area (Å²) in [6.07, 6.45) is 5.10. The largest absolute Gasteiger partial charge is 0.490 e. The number of fused-ring (bicyclic) bond motifs is 2. The molecule has 4 heteroatoms. The first-order chi connectivity index (χ1) is 9.75. The van der Waals surface area contributed by atoms with E-state index in [2.05, 4.69) is 22.0 Å². The molecular formula is C16H18BrClO2. The Bertz CT molecular complexity index is 523. The molecule has 1 aliphatic heterocycles. The molecule has 0 aromatic heterocycles. The summed E-state index contributed by atoms with van der Waals surface area (Å²) >= 11 is 10.4. The Hall–Kier alpha value is -0.410. The molecule has 1 heterocycles. The number of ether oxygens (including phenoxy) is 2. The maximum atomic E-state index is 6.47. The smallest absolute Gasteiger partial charge is 0.162 e. The Morgan fingerprint density at radius 2 is 1.70 bits per heavy atom. The second-order valence-corrected chi connectivity index (χ2v) is 7.50. The minimum atomic E-state index is 0.349. The summed E-state index contributed by atoms with van der Waals surface area (Å²) in [5, 5.41) is 0.793. The molecule has 108 valence electrons. The van der Waals surface area contributed by atoms with Crippen LogP contribution >= 0.6 is 27.5 Å². The highest BCUT2D eigenvalue weighted by Gasteiger charge is 2.55. The summed E-state index contributed by atoms with van der Waals surface area (Å²) in [4.78, 5) is 0.349. The first-order valence-electron chi connectivity index (χ1n) is 7.49. The van der Waals surface area contributed by atoms with Crippen LogP contribution in [0.3, 0.4) is 0 Å². The van der Waals surface area contributed by atoms with E-state index in [4.69, 9.17) is 21.1 Å². The van der Waals surface area contributed by atoms with Crippen molar-refractivity contribution in [2.24, 2.45) is 17.8 Å². The fourth-order valence-electron chi connectivity index (χ4n) is 3.93. The Labute approximate surface area is 132 Å². The molecule has 4 rings (SSSR count). The minimum Gasteiger partial charge on any atom is -0.490 e. The van der Waals surface area contributed by atoms with E-state index in [1.54, 1.807) is 0 Å². The average Bonchev–Trinajstić information content (AvgIpc) is 3.02. The summed E-state index contributed by atoms with van der Waals surface area (Å²) in [6, 6.07) is 4.00. The third-order valence-corrected chi connectivity index (χ3v) is 6.41. The van der Waals surface area contributed by atoms with Crippen molar-refractivity contribution in [3.05, 3.63) is 22.7 Å². The second kappa shape index (κ2) is 5.10. The monoisotopic (exact) mass is 356 g/mol. The summed E-state index contributed by atoms with van der Waals surface area (Å²) in [5.74, 6) is 4.20. The molecule has 0 N–H and O–H groups in total. The zero-order valence-corrected chi connectivity index (χ0v) is 13.6. The van der Waals surface area contributed by atoms with Gasteiger partial charge in [-0.1, -0.05) is 34.0 Å². The van der Waals surface area contributed by atoms with Crippen molar-refractivity contribution in [2.75, 3.05) is 13.2 Å². The van der Waals surface area contributed by atoms with Crippen molar-refractivity contribution < 1.29 is 9.47 Å². The van der Waals surface area contributed by atoms with Gasteiger partial charge in [-0.05, 0) is 42.2 Å². The third-order valence-electron chi connectivity index (χ3n) is 4.97. The van der Waals surface area contributed by atoms with Crippen molar-refractivity contribution in [1.29, 1.82) is 0 Å².